The summed E-state index contributed by atoms with van der Waals surface area (Å²) >= 11 is 0. The zero-order valence-corrected chi connectivity index (χ0v) is 12.8. The maximum atomic E-state index is 12.6. The van der Waals surface area contributed by atoms with Crippen molar-refractivity contribution in [1.82, 2.24) is 0 Å². The summed E-state index contributed by atoms with van der Waals surface area (Å²) in [5, 5.41) is 2.53. The lowest BCUT2D eigenvalue weighted by molar-refractivity contribution is -0.137. The van der Waals surface area contributed by atoms with Crippen molar-refractivity contribution in [2.24, 2.45) is 11.1 Å². The van der Waals surface area contributed by atoms with Gasteiger partial charge in [-0.25, -0.2) is 0 Å². The van der Waals surface area contributed by atoms with Crippen LogP contribution in [-0.4, -0.2) is 12.5 Å². The van der Waals surface area contributed by atoms with Crippen LogP contribution in [0.3, 0.4) is 0 Å². The molecule has 21 heavy (non-hydrogen) atoms. The molecular formula is C14H20ClF3N2O. The van der Waals surface area contributed by atoms with Crippen molar-refractivity contribution in [3.63, 3.8) is 0 Å². The van der Waals surface area contributed by atoms with Gasteiger partial charge in [-0.05, 0) is 31.0 Å². The van der Waals surface area contributed by atoms with E-state index in [1.807, 2.05) is 13.8 Å². The van der Waals surface area contributed by atoms with Gasteiger partial charge in [-0.15, -0.1) is 12.4 Å². The summed E-state index contributed by atoms with van der Waals surface area (Å²) in [5.74, 6) is -0.343. The van der Waals surface area contributed by atoms with E-state index in [-0.39, 0.29) is 30.5 Å². The van der Waals surface area contributed by atoms with Gasteiger partial charge >= 0.3 is 6.18 Å². The summed E-state index contributed by atoms with van der Waals surface area (Å²) in [6.45, 7) is 3.83. The van der Waals surface area contributed by atoms with E-state index >= 15 is 0 Å². The van der Waals surface area contributed by atoms with Gasteiger partial charge in [0.15, 0.2) is 0 Å². The van der Waals surface area contributed by atoms with Crippen LogP contribution in [0.2, 0.25) is 0 Å². The number of hydrogen-bond acceptors (Lipinski definition) is 2. The molecule has 1 aromatic rings. The minimum absolute atomic E-state index is 0. The number of amides is 1. The third-order valence-electron chi connectivity index (χ3n) is 3.67. The van der Waals surface area contributed by atoms with Crippen molar-refractivity contribution >= 4 is 24.0 Å². The highest BCUT2D eigenvalue weighted by molar-refractivity contribution is 5.95. The first-order valence-electron chi connectivity index (χ1n) is 6.48. The second kappa shape index (κ2) is 7.66. The molecule has 1 amide bonds. The minimum atomic E-state index is -4.43. The molecule has 0 spiro atoms. The van der Waals surface area contributed by atoms with Gasteiger partial charge in [0.2, 0.25) is 5.91 Å². The molecule has 0 saturated carbocycles. The Kier molecular flexibility index (Phi) is 7.19. The zero-order chi connectivity index (χ0) is 15.4. The Morgan fingerprint density at radius 1 is 1.24 bits per heavy atom. The first-order chi connectivity index (χ1) is 9.29. The average Bonchev–Trinajstić information content (AvgIpc) is 2.41. The van der Waals surface area contributed by atoms with E-state index in [2.05, 4.69) is 5.32 Å². The lowest BCUT2D eigenvalue weighted by atomic mass is 9.81. The molecule has 0 bridgehead atoms. The Labute approximate surface area is 128 Å². The van der Waals surface area contributed by atoms with Gasteiger partial charge in [-0.3, -0.25) is 4.79 Å². The van der Waals surface area contributed by atoms with Crippen LogP contribution < -0.4 is 11.1 Å². The Morgan fingerprint density at radius 3 is 2.24 bits per heavy atom. The predicted molar refractivity (Wildman–Crippen MR) is 79.4 cm³/mol. The number of carbonyl (C=O) groups excluding carboxylic acids is 1. The van der Waals surface area contributed by atoms with E-state index in [4.69, 9.17) is 5.73 Å². The van der Waals surface area contributed by atoms with Crippen LogP contribution in [-0.2, 0) is 11.0 Å². The van der Waals surface area contributed by atoms with E-state index in [0.29, 0.717) is 12.8 Å². The summed E-state index contributed by atoms with van der Waals surface area (Å²) in [6.07, 6.45) is -3.36. The Hall–Kier alpha value is -1.27. The van der Waals surface area contributed by atoms with Crippen LogP contribution in [0.1, 0.15) is 32.3 Å². The molecule has 0 atom stereocenters. The second-order valence-corrected chi connectivity index (χ2v) is 4.72. The van der Waals surface area contributed by atoms with Crippen molar-refractivity contribution in [3.8, 4) is 0 Å². The van der Waals surface area contributed by atoms with Crippen LogP contribution in [0, 0.1) is 5.41 Å². The van der Waals surface area contributed by atoms with E-state index < -0.39 is 17.2 Å². The van der Waals surface area contributed by atoms with E-state index in [1.54, 1.807) is 0 Å². The molecule has 120 valence electrons. The Balaban J connectivity index is 0.00000400. The summed E-state index contributed by atoms with van der Waals surface area (Å²) in [5.41, 5.74) is 4.24. The first-order valence-corrected chi connectivity index (χ1v) is 6.48. The number of carbonyl (C=O) groups is 1. The second-order valence-electron chi connectivity index (χ2n) is 4.72. The summed E-state index contributed by atoms with van der Waals surface area (Å²) in [4.78, 5) is 12.2. The molecule has 3 nitrogen and oxygen atoms in total. The van der Waals surface area contributed by atoms with Crippen molar-refractivity contribution in [2.75, 3.05) is 11.9 Å². The predicted octanol–water partition coefficient (Wildman–Crippen LogP) is 3.83. The number of hydrogen-bond donors (Lipinski definition) is 2. The largest absolute Gasteiger partial charge is 0.416 e. The number of halogens is 4. The quantitative estimate of drug-likeness (QED) is 0.864. The molecule has 0 saturated heterocycles. The Morgan fingerprint density at radius 2 is 1.81 bits per heavy atom. The van der Waals surface area contributed by atoms with Gasteiger partial charge in [0.05, 0.1) is 11.0 Å². The van der Waals surface area contributed by atoms with Crippen LogP contribution >= 0.6 is 12.4 Å². The number of nitrogens with two attached hydrogens (primary N) is 1. The fourth-order valence-electron chi connectivity index (χ4n) is 1.99. The normalized spacial score (nSPS) is 11.7. The van der Waals surface area contributed by atoms with Crippen LogP contribution in [0.4, 0.5) is 18.9 Å². The first kappa shape index (κ1) is 19.7. The molecule has 0 fully saturated rings. The lowest BCUT2D eigenvalue weighted by Gasteiger charge is -2.28. The van der Waals surface area contributed by atoms with Crippen molar-refractivity contribution in [2.45, 2.75) is 32.9 Å². The van der Waals surface area contributed by atoms with Crippen molar-refractivity contribution < 1.29 is 18.0 Å². The van der Waals surface area contributed by atoms with Crippen molar-refractivity contribution in [3.05, 3.63) is 29.8 Å². The SMILES string of the molecule is CCC(CC)(CN)C(=O)Nc1cccc(C(F)(F)F)c1.Cl. The molecule has 3 N–H and O–H groups in total. The molecular weight excluding hydrogens is 305 g/mol. The maximum Gasteiger partial charge on any atom is 0.416 e. The highest BCUT2D eigenvalue weighted by Gasteiger charge is 2.34. The van der Waals surface area contributed by atoms with Gasteiger partial charge < -0.3 is 11.1 Å². The van der Waals surface area contributed by atoms with Crippen LogP contribution in [0.5, 0.6) is 0 Å². The fourth-order valence-corrected chi connectivity index (χ4v) is 1.99. The number of alkyl halides is 3. The zero-order valence-electron chi connectivity index (χ0n) is 12.0. The van der Waals surface area contributed by atoms with E-state index in [9.17, 15) is 18.0 Å². The smallest absolute Gasteiger partial charge is 0.329 e. The van der Waals surface area contributed by atoms with Gasteiger partial charge in [0, 0.05) is 12.2 Å². The molecule has 1 rings (SSSR count). The molecule has 0 aliphatic carbocycles. The molecule has 0 heterocycles. The molecule has 0 unspecified atom stereocenters. The molecule has 1 aromatic carbocycles. The summed E-state index contributed by atoms with van der Waals surface area (Å²) in [6, 6.07) is 4.58. The van der Waals surface area contributed by atoms with Gasteiger partial charge in [-0.1, -0.05) is 19.9 Å². The van der Waals surface area contributed by atoms with E-state index in [1.165, 1.54) is 12.1 Å². The fraction of sp³-hybridized carbons (Fsp3) is 0.500. The minimum Gasteiger partial charge on any atom is -0.329 e. The number of benzene rings is 1. The maximum absolute atomic E-state index is 12.6. The third kappa shape index (κ3) is 4.61. The van der Waals surface area contributed by atoms with Crippen LogP contribution in [0.15, 0.2) is 24.3 Å². The monoisotopic (exact) mass is 324 g/mol. The molecule has 0 radical (unpaired) electrons. The van der Waals surface area contributed by atoms with Gasteiger partial charge in [0.25, 0.3) is 0 Å². The highest BCUT2D eigenvalue weighted by atomic mass is 35.5. The highest BCUT2D eigenvalue weighted by Crippen LogP contribution is 2.32. The number of nitrogens with one attached hydrogen (secondary N) is 1. The van der Waals surface area contributed by atoms with Crippen molar-refractivity contribution in [1.29, 1.82) is 0 Å². The van der Waals surface area contributed by atoms with Gasteiger partial charge in [-0.2, -0.15) is 13.2 Å². The lowest BCUT2D eigenvalue weighted by Crippen LogP contribution is -2.41. The topological polar surface area (TPSA) is 55.1 Å². The van der Waals surface area contributed by atoms with Crippen LogP contribution in [0.25, 0.3) is 0 Å². The summed E-state index contributed by atoms with van der Waals surface area (Å²) < 4.78 is 37.8. The average molecular weight is 325 g/mol. The Bertz CT molecular complexity index is 465. The number of rotatable bonds is 5. The molecule has 0 aliphatic rings. The summed E-state index contributed by atoms with van der Waals surface area (Å²) in [7, 11) is 0. The van der Waals surface area contributed by atoms with Gasteiger partial charge in [0.1, 0.15) is 0 Å². The third-order valence-corrected chi connectivity index (χ3v) is 3.67. The molecule has 7 heteroatoms. The number of anilines is 1. The standard InChI is InChI=1S/C14H19F3N2O.ClH/c1-3-13(4-2,9-18)12(20)19-11-7-5-6-10(8-11)14(15,16)17;/h5-8H,3-4,9,18H2,1-2H3,(H,19,20);1H. The molecule has 0 aromatic heterocycles. The van der Waals surface area contributed by atoms with E-state index in [0.717, 1.165) is 12.1 Å². The molecule has 0 aliphatic heterocycles.